The van der Waals surface area contributed by atoms with Crippen molar-refractivity contribution < 1.29 is 14.3 Å². The van der Waals surface area contributed by atoms with Gasteiger partial charge in [-0.15, -0.1) is 11.3 Å². The first-order valence-corrected chi connectivity index (χ1v) is 10.8. The van der Waals surface area contributed by atoms with Gasteiger partial charge >= 0.3 is 5.97 Å². The summed E-state index contributed by atoms with van der Waals surface area (Å²) in [5.41, 5.74) is 1.67. The molecule has 0 spiro atoms. The fourth-order valence-corrected chi connectivity index (χ4v) is 5.25. The molecule has 0 bridgehead atoms. The van der Waals surface area contributed by atoms with E-state index < -0.39 is 0 Å². The lowest BCUT2D eigenvalue weighted by Gasteiger charge is -2.35. The van der Waals surface area contributed by atoms with Gasteiger partial charge in [0.2, 0.25) is 5.91 Å². The highest BCUT2D eigenvalue weighted by Crippen LogP contribution is 2.40. The molecule has 0 radical (unpaired) electrons. The lowest BCUT2D eigenvalue weighted by molar-refractivity contribution is -0.121. The van der Waals surface area contributed by atoms with Gasteiger partial charge in [0.1, 0.15) is 5.00 Å². The van der Waals surface area contributed by atoms with Crippen LogP contribution in [-0.4, -0.2) is 67.6 Å². The molecular weight excluding hydrogens is 362 g/mol. The first-order chi connectivity index (χ1) is 12.9. The first kappa shape index (κ1) is 20.3. The van der Waals surface area contributed by atoms with Gasteiger partial charge < -0.3 is 15.0 Å². The van der Waals surface area contributed by atoms with Crippen LogP contribution in [0.1, 0.15) is 48.0 Å². The Kier molecular flexibility index (Phi) is 6.55. The van der Waals surface area contributed by atoms with Crippen molar-refractivity contribution in [3.8, 4) is 0 Å². The summed E-state index contributed by atoms with van der Waals surface area (Å²) in [6.45, 7) is 10.0. The number of ether oxygens (including phenoxy) is 1. The molecule has 0 unspecified atom stereocenters. The number of nitrogens with zero attached hydrogens (tertiary/aromatic N) is 2. The normalized spacial score (nSPS) is 22.1. The van der Waals surface area contributed by atoms with E-state index in [1.54, 1.807) is 11.3 Å². The zero-order chi connectivity index (χ0) is 19.6. The van der Waals surface area contributed by atoms with Crippen LogP contribution in [0.2, 0.25) is 0 Å². The van der Waals surface area contributed by atoms with Crippen LogP contribution in [0.4, 0.5) is 5.00 Å². The smallest absolute Gasteiger partial charge is 0.341 e. The number of carbonyl (C=O) groups is 2. The monoisotopic (exact) mass is 393 g/mol. The summed E-state index contributed by atoms with van der Waals surface area (Å²) in [5, 5.41) is 3.72. The second kappa shape index (κ2) is 8.71. The number of nitrogens with one attached hydrogen (secondary N) is 1. The fraction of sp³-hybridized carbons (Fsp3) is 0.700. The van der Waals surface area contributed by atoms with Crippen LogP contribution in [0.25, 0.3) is 0 Å². The predicted molar refractivity (Wildman–Crippen MR) is 109 cm³/mol. The summed E-state index contributed by atoms with van der Waals surface area (Å²) < 4.78 is 5.29. The molecule has 1 saturated heterocycles. The number of amides is 1. The van der Waals surface area contributed by atoms with Crippen molar-refractivity contribution in [3.05, 3.63) is 16.0 Å². The average Bonchev–Trinajstić information content (AvgIpc) is 2.98. The van der Waals surface area contributed by atoms with Crippen LogP contribution in [0.3, 0.4) is 0 Å². The van der Waals surface area contributed by atoms with Crippen molar-refractivity contribution in [1.82, 2.24) is 9.80 Å². The Bertz CT molecular complexity index is 695. The van der Waals surface area contributed by atoms with Gasteiger partial charge in [-0.25, -0.2) is 4.79 Å². The minimum absolute atomic E-state index is 0.0447. The number of hydrogen-bond donors (Lipinski definition) is 1. The van der Waals surface area contributed by atoms with Crippen LogP contribution < -0.4 is 5.32 Å². The number of likely N-dealkylation sites (N-methyl/N-ethyl adjacent to an activating group) is 1. The summed E-state index contributed by atoms with van der Waals surface area (Å²) in [7, 11) is 2.10. The predicted octanol–water partition coefficient (Wildman–Crippen LogP) is 2.62. The molecule has 0 saturated carbocycles. The molecule has 27 heavy (non-hydrogen) atoms. The highest BCUT2D eigenvalue weighted by atomic mass is 32.1. The number of carbonyl (C=O) groups excluding carboxylic acids is 2. The number of anilines is 1. The summed E-state index contributed by atoms with van der Waals surface area (Å²) in [6, 6.07) is -0.216. The van der Waals surface area contributed by atoms with Crippen molar-refractivity contribution in [2.45, 2.75) is 46.1 Å². The molecule has 3 rings (SSSR count). The Balaban J connectivity index is 1.79. The van der Waals surface area contributed by atoms with E-state index in [1.807, 2.05) is 13.8 Å². The topological polar surface area (TPSA) is 61.9 Å². The van der Waals surface area contributed by atoms with Gasteiger partial charge in [0, 0.05) is 31.1 Å². The molecule has 1 aromatic rings. The number of esters is 1. The minimum atomic E-state index is -0.313. The average molecular weight is 394 g/mol. The molecule has 1 fully saturated rings. The summed E-state index contributed by atoms with van der Waals surface area (Å²) >= 11 is 1.55. The third-order valence-corrected chi connectivity index (χ3v) is 6.86. The number of thiophene rings is 1. The molecule has 2 heterocycles. The van der Waals surface area contributed by atoms with Gasteiger partial charge in [0.15, 0.2) is 0 Å². The molecule has 150 valence electrons. The molecule has 2 aliphatic rings. The molecule has 1 aliphatic carbocycles. The van der Waals surface area contributed by atoms with E-state index in [4.69, 9.17) is 4.74 Å². The van der Waals surface area contributed by atoms with Crippen LogP contribution in [0, 0.1) is 5.92 Å². The lowest BCUT2D eigenvalue weighted by Crippen LogP contribution is -2.51. The molecule has 1 aromatic heterocycles. The molecule has 7 heteroatoms. The zero-order valence-corrected chi connectivity index (χ0v) is 17.7. The first-order valence-electron chi connectivity index (χ1n) is 9.95. The molecule has 1 amide bonds. The number of hydrogen-bond acceptors (Lipinski definition) is 6. The Labute approximate surface area is 165 Å². The molecule has 1 aliphatic heterocycles. The maximum absolute atomic E-state index is 12.9. The Morgan fingerprint density at radius 3 is 2.67 bits per heavy atom. The van der Waals surface area contributed by atoms with Crippen LogP contribution >= 0.6 is 11.3 Å². The van der Waals surface area contributed by atoms with Gasteiger partial charge in [0.25, 0.3) is 0 Å². The fourth-order valence-electron chi connectivity index (χ4n) is 3.85. The summed E-state index contributed by atoms with van der Waals surface area (Å²) in [5.74, 6) is 0.253. The van der Waals surface area contributed by atoms with Crippen LogP contribution in [0.5, 0.6) is 0 Å². The Morgan fingerprint density at radius 1 is 1.30 bits per heavy atom. The van der Waals surface area contributed by atoms with Gasteiger partial charge in [-0.3, -0.25) is 9.69 Å². The van der Waals surface area contributed by atoms with E-state index in [1.165, 1.54) is 4.88 Å². The SMILES string of the molecule is CCOC(=O)c1c(NC(=O)[C@H](C)N2CCN(C)CC2)sc2c1CC[C@@H](C)C2. The maximum atomic E-state index is 12.9. The Morgan fingerprint density at radius 2 is 2.00 bits per heavy atom. The van der Waals surface area contributed by atoms with Crippen molar-refractivity contribution in [2.24, 2.45) is 5.92 Å². The molecule has 0 aromatic carbocycles. The largest absolute Gasteiger partial charge is 0.462 e. The van der Waals surface area contributed by atoms with Crippen molar-refractivity contribution in [1.29, 1.82) is 0 Å². The van der Waals surface area contributed by atoms with E-state index in [-0.39, 0.29) is 17.9 Å². The van der Waals surface area contributed by atoms with Crippen molar-refractivity contribution in [2.75, 3.05) is 45.2 Å². The molecule has 2 atom stereocenters. The lowest BCUT2D eigenvalue weighted by atomic mass is 9.88. The Hall–Kier alpha value is -1.44. The third-order valence-electron chi connectivity index (χ3n) is 5.69. The number of rotatable bonds is 5. The number of fused-ring (bicyclic) bond motifs is 1. The van der Waals surface area contributed by atoms with Crippen LogP contribution in [-0.2, 0) is 22.4 Å². The van der Waals surface area contributed by atoms with E-state index in [0.717, 1.165) is 51.0 Å². The highest BCUT2D eigenvalue weighted by molar-refractivity contribution is 7.17. The minimum Gasteiger partial charge on any atom is -0.462 e. The van der Waals surface area contributed by atoms with Crippen molar-refractivity contribution >= 4 is 28.2 Å². The van der Waals surface area contributed by atoms with Gasteiger partial charge in [0.05, 0.1) is 18.2 Å². The standard InChI is InChI=1S/C20H31N3O3S/c1-5-26-20(25)17-15-7-6-13(2)12-16(15)27-19(17)21-18(24)14(3)23-10-8-22(4)9-11-23/h13-14H,5-12H2,1-4H3,(H,21,24)/t13-,14+/m1/s1. The highest BCUT2D eigenvalue weighted by Gasteiger charge is 2.31. The van der Waals surface area contributed by atoms with Crippen molar-refractivity contribution in [3.63, 3.8) is 0 Å². The van der Waals surface area contributed by atoms with Gasteiger partial charge in [-0.2, -0.15) is 0 Å². The van der Waals surface area contributed by atoms with E-state index >= 15 is 0 Å². The third kappa shape index (κ3) is 4.52. The maximum Gasteiger partial charge on any atom is 0.341 e. The molecular formula is C20H31N3O3S. The van der Waals surface area contributed by atoms with E-state index in [2.05, 4.69) is 29.1 Å². The van der Waals surface area contributed by atoms with Gasteiger partial charge in [-0.05, 0) is 51.6 Å². The van der Waals surface area contributed by atoms with Crippen LogP contribution in [0.15, 0.2) is 0 Å². The number of piperazine rings is 1. The van der Waals surface area contributed by atoms with E-state index in [0.29, 0.717) is 23.1 Å². The second-order valence-corrected chi connectivity index (χ2v) is 8.89. The summed E-state index contributed by atoms with van der Waals surface area (Å²) in [6.07, 6.45) is 2.92. The molecule has 6 nitrogen and oxygen atoms in total. The quantitative estimate of drug-likeness (QED) is 0.779. The van der Waals surface area contributed by atoms with Gasteiger partial charge in [-0.1, -0.05) is 6.92 Å². The second-order valence-electron chi connectivity index (χ2n) is 7.78. The summed E-state index contributed by atoms with van der Waals surface area (Å²) in [4.78, 5) is 31.2. The molecule has 1 N–H and O–H groups in total. The zero-order valence-electron chi connectivity index (χ0n) is 16.8. The van der Waals surface area contributed by atoms with E-state index in [9.17, 15) is 9.59 Å².